The van der Waals surface area contributed by atoms with Gasteiger partial charge in [0.1, 0.15) is 11.6 Å². The van der Waals surface area contributed by atoms with E-state index >= 15 is 0 Å². The SMILES string of the molecule is CN(C)C(c1cc(F)ccc1F)C(C)(C)C(=O)O. The molecule has 0 spiro atoms. The van der Waals surface area contributed by atoms with Crippen LogP contribution in [0.1, 0.15) is 25.5 Å². The van der Waals surface area contributed by atoms with Gasteiger partial charge in [0.15, 0.2) is 0 Å². The van der Waals surface area contributed by atoms with Crippen LogP contribution in [0, 0.1) is 17.0 Å². The summed E-state index contributed by atoms with van der Waals surface area (Å²) in [6.07, 6.45) is 0. The fourth-order valence-electron chi connectivity index (χ4n) is 2.15. The van der Waals surface area contributed by atoms with Crippen LogP contribution in [0.15, 0.2) is 18.2 Å². The summed E-state index contributed by atoms with van der Waals surface area (Å²) in [4.78, 5) is 12.9. The van der Waals surface area contributed by atoms with E-state index in [1.54, 1.807) is 19.0 Å². The van der Waals surface area contributed by atoms with Crippen LogP contribution in [0.3, 0.4) is 0 Å². The molecule has 100 valence electrons. The highest BCUT2D eigenvalue weighted by atomic mass is 19.1. The van der Waals surface area contributed by atoms with Crippen LogP contribution < -0.4 is 0 Å². The highest BCUT2D eigenvalue weighted by Gasteiger charge is 2.40. The van der Waals surface area contributed by atoms with Crippen molar-refractivity contribution in [2.45, 2.75) is 19.9 Å². The third-order valence-corrected chi connectivity index (χ3v) is 3.00. The summed E-state index contributed by atoms with van der Waals surface area (Å²) in [6, 6.07) is 2.31. The first-order valence-corrected chi connectivity index (χ1v) is 5.52. The van der Waals surface area contributed by atoms with Gasteiger partial charge in [-0.15, -0.1) is 0 Å². The summed E-state index contributed by atoms with van der Waals surface area (Å²) in [7, 11) is 3.28. The molecule has 0 radical (unpaired) electrons. The third-order valence-electron chi connectivity index (χ3n) is 3.00. The van der Waals surface area contributed by atoms with Crippen molar-refractivity contribution < 1.29 is 18.7 Å². The van der Waals surface area contributed by atoms with Crippen molar-refractivity contribution in [3.05, 3.63) is 35.4 Å². The molecule has 0 heterocycles. The van der Waals surface area contributed by atoms with Gasteiger partial charge in [-0.2, -0.15) is 0 Å². The van der Waals surface area contributed by atoms with Crippen molar-refractivity contribution in [2.24, 2.45) is 5.41 Å². The summed E-state index contributed by atoms with van der Waals surface area (Å²) in [5.41, 5.74) is -1.19. The number of hydrogen-bond acceptors (Lipinski definition) is 2. The number of halogens is 2. The fraction of sp³-hybridized carbons (Fsp3) is 0.462. The third kappa shape index (κ3) is 2.67. The second-order valence-corrected chi connectivity index (χ2v) is 5.06. The highest BCUT2D eigenvalue weighted by Crippen LogP contribution is 2.38. The molecule has 0 aliphatic rings. The predicted octanol–water partition coefficient (Wildman–Crippen LogP) is 2.68. The Bertz CT molecular complexity index is 458. The van der Waals surface area contributed by atoms with Gasteiger partial charge in [-0.3, -0.25) is 4.79 Å². The zero-order valence-electron chi connectivity index (χ0n) is 10.9. The van der Waals surface area contributed by atoms with Crippen LogP contribution in [0.5, 0.6) is 0 Å². The average molecular weight is 257 g/mol. The van der Waals surface area contributed by atoms with Gasteiger partial charge in [-0.25, -0.2) is 8.78 Å². The van der Waals surface area contributed by atoms with Crippen LogP contribution in [0.4, 0.5) is 8.78 Å². The molecule has 0 bridgehead atoms. The minimum atomic E-state index is -1.24. The monoisotopic (exact) mass is 257 g/mol. The van der Waals surface area contributed by atoms with Gasteiger partial charge in [0.05, 0.1) is 11.5 Å². The lowest BCUT2D eigenvalue weighted by Gasteiger charge is -2.36. The molecule has 1 aromatic carbocycles. The molecule has 0 aliphatic heterocycles. The summed E-state index contributed by atoms with van der Waals surface area (Å²) >= 11 is 0. The molecule has 1 N–H and O–H groups in total. The van der Waals surface area contributed by atoms with E-state index in [-0.39, 0.29) is 5.56 Å². The van der Waals surface area contributed by atoms with Crippen LogP contribution in [-0.2, 0) is 4.79 Å². The predicted molar refractivity (Wildman–Crippen MR) is 64.2 cm³/mol. The number of carbonyl (C=O) groups is 1. The summed E-state index contributed by atoms with van der Waals surface area (Å²) in [6.45, 7) is 2.98. The van der Waals surface area contributed by atoms with Crippen molar-refractivity contribution in [3.8, 4) is 0 Å². The Morgan fingerprint density at radius 2 is 1.89 bits per heavy atom. The number of nitrogens with zero attached hydrogens (tertiary/aromatic N) is 1. The molecule has 0 aromatic heterocycles. The first-order chi connectivity index (χ1) is 8.17. The van der Waals surface area contributed by atoms with E-state index in [1.165, 1.54) is 13.8 Å². The van der Waals surface area contributed by atoms with E-state index in [1.807, 2.05) is 0 Å². The largest absolute Gasteiger partial charge is 0.481 e. The zero-order chi connectivity index (χ0) is 14.1. The van der Waals surface area contributed by atoms with Gasteiger partial charge in [-0.05, 0) is 46.1 Å². The Labute approximate surface area is 105 Å². The quantitative estimate of drug-likeness (QED) is 0.901. The highest BCUT2D eigenvalue weighted by molar-refractivity contribution is 5.75. The number of carboxylic acids is 1. The average Bonchev–Trinajstić information content (AvgIpc) is 2.22. The smallest absolute Gasteiger partial charge is 0.311 e. The maximum atomic E-state index is 13.8. The molecular weight excluding hydrogens is 240 g/mol. The second kappa shape index (κ2) is 5.02. The minimum Gasteiger partial charge on any atom is -0.481 e. The van der Waals surface area contributed by atoms with Gasteiger partial charge < -0.3 is 10.0 Å². The molecule has 1 atom stereocenters. The molecule has 0 aliphatic carbocycles. The van der Waals surface area contributed by atoms with Gasteiger partial charge in [0.25, 0.3) is 0 Å². The standard InChI is InChI=1S/C13H17F2NO2/c1-13(2,12(17)18)11(16(3)4)9-7-8(14)5-6-10(9)15/h5-7,11H,1-4H3,(H,17,18). The lowest BCUT2D eigenvalue weighted by molar-refractivity contribution is -0.150. The van der Waals surface area contributed by atoms with E-state index in [0.29, 0.717) is 0 Å². The van der Waals surface area contributed by atoms with Crippen molar-refractivity contribution in [1.82, 2.24) is 4.90 Å². The van der Waals surface area contributed by atoms with Crippen molar-refractivity contribution >= 4 is 5.97 Å². The van der Waals surface area contributed by atoms with E-state index in [9.17, 15) is 18.7 Å². The Kier molecular flexibility index (Phi) is 4.06. The van der Waals surface area contributed by atoms with E-state index in [4.69, 9.17) is 0 Å². The van der Waals surface area contributed by atoms with Gasteiger partial charge >= 0.3 is 5.97 Å². The summed E-state index contributed by atoms with van der Waals surface area (Å²) < 4.78 is 27.0. The molecule has 3 nitrogen and oxygen atoms in total. The Balaban J connectivity index is 3.38. The molecule has 0 saturated heterocycles. The Morgan fingerprint density at radius 3 is 2.33 bits per heavy atom. The van der Waals surface area contributed by atoms with Crippen LogP contribution in [-0.4, -0.2) is 30.1 Å². The van der Waals surface area contributed by atoms with Gasteiger partial charge in [0.2, 0.25) is 0 Å². The molecule has 1 aromatic rings. The first kappa shape index (κ1) is 14.6. The molecule has 1 rings (SSSR count). The van der Waals surface area contributed by atoms with Crippen molar-refractivity contribution in [2.75, 3.05) is 14.1 Å². The van der Waals surface area contributed by atoms with Crippen molar-refractivity contribution in [3.63, 3.8) is 0 Å². The van der Waals surface area contributed by atoms with Crippen molar-refractivity contribution in [1.29, 1.82) is 0 Å². The normalized spacial score (nSPS) is 13.7. The molecule has 5 heteroatoms. The fourth-order valence-corrected chi connectivity index (χ4v) is 2.15. The number of rotatable bonds is 4. The lowest BCUT2D eigenvalue weighted by Crippen LogP contribution is -2.39. The first-order valence-electron chi connectivity index (χ1n) is 5.52. The number of aliphatic carboxylic acids is 1. The van der Waals surface area contributed by atoms with E-state index < -0.39 is 29.1 Å². The Hall–Kier alpha value is -1.49. The van der Waals surface area contributed by atoms with Crippen LogP contribution in [0.25, 0.3) is 0 Å². The molecule has 0 fully saturated rings. The van der Waals surface area contributed by atoms with E-state index in [2.05, 4.69) is 0 Å². The number of benzene rings is 1. The molecule has 1 unspecified atom stereocenters. The summed E-state index contributed by atoms with van der Waals surface area (Å²) in [5.74, 6) is -2.26. The molecule has 0 saturated carbocycles. The molecule has 18 heavy (non-hydrogen) atoms. The van der Waals surface area contributed by atoms with Crippen LogP contribution in [0.2, 0.25) is 0 Å². The molecule has 0 amide bonds. The lowest BCUT2D eigenvalue weighted by atomic mass is 9.79. The topological polar surface area (TPSA) is 40.5 Å². The maximum Gasteiger partial charge on any atom is 0.311 e. The minimum absolute atomic E-state index is 0.0485. The number of hydrogen-bond donors (Lipinski definition) is 1. The maximum absolute atomic E-state index is 13.8. The van der Waals surface area contributed by atoms with Gasteiger partial charge in [0, 0.05) is 5.56 Å². The zero-order valence-corrected chi connectivity index (χ0v) is 10.9. The van der Waals surface area contributed by atoms with Gasteiger partial charge in [-0.1, -0.05) is 0 Å². The number of carboxylic acid groups (broad SMARTS) is 1. The second-order valence-electron chi connectivity index (χ2n) is 5.06. The van der Waals surface area contributed by atoms with Crippen LogP contribution >= 0.6 is 0 Å². The summed E-state index contributed by atoms with van der Waals surface area (Å²) in [5, 5.41) is 9.24. The molecular formula is C13H17F2NO2. The van der Waals surface area contributed by atoms with E-state index in [0.717, 1.165) is 18.2 Å². The Morgan fingerprint density at radius 1 is 1.33 bits per heavy atom.